The fraction of sp³-hybridized carbons (Fsp3) is 0.875. The second-order valence-corrected chi connectivity index (χ2v) is 7.20. The molecule has 4 heteroatoms. The number of hydrogen-bond acceptors (Lipinski definition) is 3. The van der Waals surface area contributed by atoms with E-state index in [4.69, 9.17) is 0 Å². The number of fused-ring (bicyclic) bond motifs is 1. The van der Waals surface area contributed by atoms with E-state index in [1.807, 2.05) is 4.90 Å². The minimum absolute atomic E-state index is 0.116. The number of nitrogens with zero attached hydrogens (tertiary/aromatic N) is 3. The maximum atomic E-state index is 12.7. The lowest BCUT2D eigenvalue weighted by Gasteiger charge is -2.49. The third-order valence-corrected chi connectivity index (χ3v) is 5.65. The molecule has 0 N–H and O–H groups in total. The van der Waals surface area contributed by atoms with Crippen LogP contribution in [0.15, 0.2) is 0 Å². The number of hydrogen-bond donors (Lipinski definition) is 0. The van der Waals surface area contributed by atoms with Crippen molar-refractivity contribution in [2.45, 2.75) is 45.1 Å². The quantitative estimate of drug-likeness (QED) is 0.734. The van der Waals surface area contributed by atoms with Crippen LogP contribution in [0.3, 0.4) is 0 Å². The van der Waals surface area contributed by atoms with Crippen molar-refractivity contribution in [3.8, 4) is 6.07 Å². The average Bonchev–Trinajstić information content (AvgIpc) is 2.43. The first kappa shape index (κ1) is 13.9. The van der Waals surface area contributed by atoms with Gasteiger partial charge in [-0.25, -0.2) is 0 Å². The Morgan fingerprint density at radius 1 is 1.30 bits per heavy atom. The molecular formula is C16H25N3O. The highest BCUT2D eigenvalue weighted by Crippen LogP contribution is 2.47. The number of carbonyl (C=O) groups excluding carboxylic acids is 1. The summed E-state index contributed by atoms with van der Waals surface area (Å²) in [6.45, 7) is 5.02. The first-order chi connectivity index (χ1) is 9.55. The molecule has 3 aliphatic rings. The second-order valence-electron chi connectivity index (χ2n) is 7.20. The third-order valence-electron chi connectivity index (χ3n) is 5.65. The molecule has 1 saturated carbocycles. The van der Waals surface area contributed by atoms with Crippen LogP contribution < -0.4 is 0 Å². The Morgan fingerprint density at radius 2 is 2.05 bits per heavy atom. The van der Waals surface area contributed by atoms with E-state index in [2.05, 4.69) is 24.9 Å². The van der Waals surface area contributed by atoms with E-state index < -0.39 is 5.41 Å². The Kier molecular flexibility index (Phi) is 3.50. The molecule has 0 spiro atoms. The van der Waals surface area contributed by atoms with Crippen molar-refractivity contribution in [3.05, 3.63) is 0 Å². The Balaban J connectivity index is 1.67. The van der Waals surface area contributed by atoms with Crippen LogP contribution in [0.25, 0.3) is 0 Å². The molecule has 2 heterocycles. The van der Waals surface area contributed by atoms with Gasteiger partial charge in [-0.15, -0.1) is 0 Å². The average molecular weight is 275 g/mol. The molecular weight excluding hydrogens is 250 g/mol. The zero-order valence-electron chi connectivity index (χ0n) is 12.6. The first-order valence-corrected chi connectivity index (χ1v) is 7.96. The number of carbonyl (C=O) groups is 1. The van der Waals surface area contributed by atoms with Gasteiger partial charge in [-0.1, -0.05) is 6.92 Å². The van der Waals surface area contributed by atoms with Crippen LogP contribution in [0.4, 0.5) is 0 Å². The Morgan fingerprint density at radius 3 is 2.70 bits per heavy atom. The summed E-state index contributed by atoms with van der Waals surface area (Å²) in [5.74, 6) is 1.25. The van der Waals surface area contributed by atoms with E-state index in [9.17, 15) is 10.1 Å². The molecule has 0 bridgehead atoms. The van der Waals surface area contributed by atoms with Crippen LogP contribution in [-0.2, 0) is 4.79 Å². The van der Waals surface area contributed by atoms with E-state index in [0.717, 1.165) is 32.4 Å². The lowest BCUT2D eigenvalue weighted by atomic mass is 9.62. The summed E-state index contributed by atoms with van der Waals surface area (Å²) >= 11 is 0. The van der Waals surface area contributed by atoms with Crippen molar-refractivity contribution in [3.63, 3.8) is 0 Å². The van der Waals surface area contributed by atoms with Gasteiger partial charge in [0.2, 0.25) is 5.91 Å². The molecule has 1 aliphatic carbocycles. The summed E-state index contributed by atoms with van der Waals surface area (Å²) in [5.41, 5.74) is -0.688. The van der Waals surface area contributed by atoms with Crippen LogP contribution in [-0.4, -0.2) is 48.4 Å². The molecule has 0 aromatic heterocycles. The summed E-state index contributed by atoms with van der Waals surface area (Å²) in [7, 11) is 2.21. The van der Waals surface area contributed by atoms with Gasteiger partial charge in [-0.3, -0.25) is 4.79 Å². The Labute approximate surface area is 121 Å². The molecule has 0 radical (unpaired) electrons. The number of amides is 1. The first-order valence-electron chi connectivity index (χ1n) is 7.96. The number of rotatable bonds is 1. The normalized spacial score (nSPS) is 41.5. The highest BCUT2D eigenvalue weighted by molar-refractivity contribution is 5.86. The van der Waals surface area contributed by atoms with E-state index in [-0.39, 0.29) is 5.91 Å². The molecule has 3 fully saturated rings. The summed E-state index contributed by atoms with van der Waals surface area (Å²) < 4.78 is 0. The molecule has 2 atom stereocenters. The number of likely N-dealkylation sites (tertiary alicyclic amines) is 2. The smallest absolute Gasteiger partial charge is 0.243 e. The highest BCUT2D eigenvalue weighted by Gasteiger charge is 2.51. The minimum Gasteiger partial charge on any atom is -0.341 e. The van der Waals surface area contributed by atoms with Gasteiger partial charge in [-0.2, -0.15) is 5.26 Å². The van der Waals surface area contributed by atoms with Gasteiger partial charge >= 0.3 is 0 Å². The zero-order valence-corrected chi connectivity index (χ0v) is 12.6. The predicted octanol–water partition coefficient (Wildman–Crippen LogP) is 1.87. The van der Waals surface area contributed by atoms with Gasteiger partial charge in [0.15, 0.2) is 0 Å². The van der Waals surface area contributed by atoms with Crippen molar-refractivity contribution in [2.75, 3.05) is 26.7 Å². The van der Waals surface area contributed by atoms with Crippen LogP contribution in [0, 0.1) is 28.6 Å². The SMILES string of the molecule is CC1CC(C#N)(C(=O)N2CCC3C(CCCN3C)C2)C1. The molecule has 4 nitrogen and oxygen atoms in total. The Bertz CT molecular complexity index is 435. The molecule has 2 saturated heterocycles. The summed E-state index contributed by atoms with van der Waals surface area (Å²) in [6, 6.07) is 2.97. The Hall–Kier alpha value is -1.08. The molecule has 2 aliphatic heterocycles. The van der Waals surface area contributed by atoms with Crippen molar-refractivity contribution in [1.82, 2.24) is 9.80 Å². The van der Waals surface area contributed by atoms with Gasteiger partial charge in [0, 0.05) is 19.1 Å². The van der Waals surface area contributed by atoms with Gasteiger partial charge < -0.3 is 9.80 Å². The minimum atomic E-state index is -0.688. The fourth-order valence-corrected chi connectivity index (χ4v) is 4.58. The highest BCUT2D eigenvalue weighted by atomic mass is 16.2. The fourth-order valence-electron chi connectivity index (χ4n) is 4.58. The zero-order chi connectivity index (χ0) is 14.3. The topological polar surface area (TPSA) is 47.3 Å². The lowest BCUT2D eigenvalue weighted by molar-refractivity contribution is -0.148. The molecule has 1 amide bonds. The van der Waals surface area contributed by atoms with Gasteiger partial charge in [0.05, 0.1) is 6.07 Å². The summed E-state index contributed by atoms with van der Waals surface area (Å²) in [6.07, 6.45) is 5.05. The number of nitriles is 1. The molecule has 0 aromatic rings. The molecule has 0 aromatic carbocycles. The summed E-state index contributed by atoms with van der Waals surface area (Å²) in [5, 5.41) is 9.42. The summed E-state index contributed by atoms with van der Waals surface area (Å²) in [4.78, 5) is 17.2. The van der Waals surface area contributed by atoms with Crippen molar-refractivity contribution in [1.29, 1.82) is 5.26 Å². The standard InChI is InChI=1S/C16H25N3O/c1-12-8-16(9-12,11-17)15(20)19-7-5-14-13(10-19)4-3-6-18(14)2/h12-14H,3-10H2,1-2H3. The lowest BCUT2D eigenvalue weighted by Crippen LogP contribution is -2.58. The van der Waals surface area contributed by atoms with Gasteiger partial charge in [-0.05, 0) is 57.5 Å². The van der Waals surface area contributed by atoms with Crippen LogP contribution >= 0.6 is 0 Å². The maximum absolute atomic E-state index is 12.7. The van der Waals surface area contributed by atoms with E-state index in [1.54, 1.807) is 0 Å². The second kappa shape index (κ2) is 5.04. The molecule has 2 unspecified atom stereocenters. The molecule has 110 valence electrons. The largest absolute Gasteiger partial charge is 0.341 e. The van der Waals surface area contributed by atoms with Crippen molar-refractivity contribution in [2.24, 2.45) is 17.3 Å². The van der Waals surface area contributed by atoms with E-state index in [1.165, 1.54) is 19.4 Å². The maximum Gasteiger partial charge on any atom is 0.243 e. The van der Waals surface area contributed by atoms with E-state index in [0.29, 0.717) is 17.9 Å². The van der Waals surface area contributed by atoms with E-state index >= 15 is 0 Å². The molecule has 3 rings (SSSR count). The van der Waals surface area contributed by atoms with Gasteiger partial charge in [0.25, 0.3) is 0 Å². The van der Waals surface area contributed by atoms with Crippen LogP contribution in [0.2, 0.25) is 0 Å². The van der Waals surface area contributed by atoms with Crippen molar-refractivity contribution >= 4 is 5.91 Å². The third kappa shape index (κ3) is 2.13. The predicted molar refractivity (Wildman–Crippen MR) is 76.8 cm³/mol. The number of piperidine rings is 2. The molecule has 20 heavy (non-hydrogen) atoms. The van der Waals surface area contributed by atoms with Gasteiger partial charge in [0.1, 0.15) is 5.41 Å². The van der Waals surface area contributed by atoms with Crippen LogP contribution in [0.1, 0.15) is 39.0 Å². The monoisotopic (exact) mass is 275 g/mol. The van der Waals surface area contributed by atoms with Crippen molar-refractivity contribution < 1.29 is 4.79 Å². The van der Waals surface area contributed by atoms with Crippen LogP contribution in [0.5, 0.6) is 0 Å².